The highest BCUT2D eigenvalue weighted by Gasteiger charge is 2.45. The maximum atomic E-state index is 13.5. The number of nitrogens with zero attached hydrogens (tertiary/aromatic N) is 1. The number of alkyl carbamates (subject to hydrolysis) is 1. The van der Waals surface area contributed by atoms with Crippen LogP contribution in [0.15, 0.2) is 46.1 Å². The molecular weight excluding hydrogens is 461 g/mol. The van der Waals surface area contributed by atoms with E-state index < -0.39 is 72.9 Å². The predicted octanol–water partition coefficient (Wildman–Crippen LogP) is -1.87. The van der Waals surface area contributed by atoms with E-state index in [1.165, 1.54) is 0 Å². The molecule has 13 nitrogen and oxygen atoms in total. The Bertz CT molecular complexity index is 1120. The van der Waals surface area contributed by atoms with E-state index in [9.17, 15) is 38.9 Å². The largest absolute Gasteiger partial charge is 0.461 e. The van der Waals surface area contributed by atoms with Crippen molar-refractivity contribution in [1.82, 2.24) is 14.9 Å². The molecule has 0 unspecified atom stereocenters. The van der Waals surface area contributed by atoms with Gasteiger partial charge >= 0.3 is 17.8 Å². The van der Waals surface area contributed by atoms with E-state index in [4.69, 9.17) is 14.2 Å². The van der Waals surface area contributed by atoms with Crippen molar-refractivity contribution < 1.29 is 43.5 Å². The monoisotopic (exact) mass is 483 g/mol. The van der Waals surface area contributed by atoms with Gasteiger partial charge in [-0.2, -0.15) is 4.39 Å². The Morgan fingerprint density at radius 3 is 2.56 bits per heavy atom. The topological polar surface area (TPSA) is 189 Å². The molecule has 0 aliphatic carbocycles. The van der Waals surface area contributed by atoms with Crippen LogP contribution in [-0.2, 0) is 25.6 Å². The molecule has 1 aromatic carbocycles. The van der Waals surface area contributed by atoms with Gasteiger partial charge in [-0.3, -0.25) is 14.3 Å². The second-order valence-corrected chi connectivity index (χ2v) is 7.26. The van der Waals surface area contributed by atoms with Crippen LogP contribution >= 0.6 is 0 Å². The summed E-state index contributed by atoms with van der Waals surface area (Å²) < 4.78 is 29.3. The third kappa shape index (κ3) is 5.85. The fraction of sp³-hybridized carbons (Fsp3) is 0.400. The van der Waals surface area contributed by atoms with Gasteiger partial charge in [-0.15, -0.1) is 0 Å². The first-order chi connectivity index (χ1) is 16.2. The average Bonchev–Trinajstić information content (AvgIpc) is 3.11. The van der Waals surface area contributed by atoms with Crippen molar-refractivity contribution in [2.24, 2.45) is 0 Å². The number of esters is 1. The molecule has 0 spiro atoms. The molecule has 1 aromatic heterocycles. The number of carbonyl (C=O) groups is 2. The van der Waals surface area contributed by atoms with E-state index >= 15 is 0 Å². The summed E-state index contributed by atoms with van der Waals surface area (Å²) in [4.78, 5) is 48.8. The first-order valence-electron chi connectivity index (χ1n) is 9.98. The van der Waals surface area contributed by atoms with Crippen molar-refractivity contribution in [3.63, 3.8) is 0 Å². The van der Waals surface area contributed by atoms with E-state index in [0.717, 1.165) is 0 Å². The minimum Gasteiger partial charge on any atom is -0.461 e. The standard InChI is InChI=1S/C20H22FN3O10/c21-11-6-24(19(30)23-16(11)28)17-15(27)14(26)13(34-17)9-32-18(29)12(7-25)22-20(31)33-8-10-4-2-1-3-5-10/h1-6,12-15,17,25-27H,7-9H2,(H,22,31)(H,23,28,30)/t12-,13+,14+,15+,17+/m0/s1. The third-order valence-corrected chi connectivity index (χ3v) is 4.90. The molecule has 14 heteroatoms. The minimum atomic E-state index is -1.73. The molecule has 0 radical (unpaired) electrons. The van der Waals surface area contributed by atoms with Crippen LogP contribution in [0.5, 0.6) is 0 Å². The van der Waals surface area contributed by atoms with Crippen molar-refractivity contribution in [3.05, 3.63) is 68.7 Å². The highest BCUT2D eigenvalue weighted by atomic mass is 19.1. The van der Waals surface area contributed by atoms with Gasteiger partial charge < -0.3 is 34.8 Å². The van der Waals surface area contributed by atoms with E-state index in [1.54, 1.807) is 35.3 Å². The number of aliphatic hydroxyl groups excluding tert-OH is 3. The summed E-state index contributed by atoms with van der Waals surface area (Å²) in [6.45, 7) is -1.55. The highest BCUT2D eigenvalue weighted by molar-refractivity contribution is 5.81. The number of aromatic nitrogens is 2. The SMILES string of the molecule is O=C(N[C@@H](CO)C(=O)OC[C@H]1O[C@@H](n2cc(F)c(=O)[nH]c2=O)[C@H](O)[C@@H]1O)OCc1ccccc1. The van der Waals surface area contributed by atoms with E-state index in [2.05, 4.69) is 5.32 Å². The van der Waals surface area contributed by atoms with Gasteiger partial charge in [-0.1, -0.05) is 30.3 Å². The molecule has 5 N–H and O–H groups in total. The number of aromatic amines is 1. The maximum absolute atomic E-state index is 13.5. The number of carbonyl (C=O) groups excluding carboxylic acids is 2. The van der Waals surface area contributed by atoms with Gasteiger partial charge in [0.25, 0.3) is 5.56 Å². The number of aliphatic hydroxyl groups is 3. The molecule has 0 bridgehead atoms. The predicted molar refractivity (Wildman–Crippen MR) is 109 cm³/mol. The second-order valence-electron chi connectivity index (χ2n) is 7.26. The molecule has 5 atom stereocenters. The lowest BCUT2D eigenvalue weighted by molar-refractivity contribution is -0.153. The molecule has 34 heavy (non-hydrogen) atoms. The van der Waals surface area contributed by atoms with Crippen LogP contribution in [0, 0.1) is 5.82 Å². The van der Waals surface area contributed by atoms with Crippen LogP contribution in [0.4, 0.5) is 9.18 Å². The van der Waals surface area contributed by atoms with Crippen LogP contribution in [0.3, 0.4) is 0 Å². The number of benzene rings is 1. The number of hydrogen-bond acceptors (Lipinski definition) is 10. The molecule has 184 valence electrons. The maximum Gasteiger partial charge on any atom is 0.408 e. The van der Waals surface area contributed by atoms with Crippen molar-refractivity contribution in [2.45, 2.75) is 37.2 Å². The Hall–Kier alpha value is -3.59. The zero-order valence-electron chi connectivity index (χ0n) is 17.5. The lowest BCUT2D eigenvalue weighted by Crippen LogP contribution is -2.45. The van der Waals surface area contributed by atoms with E-state index in [0.29, 0.717) is 16.3 Å². The number of rotatable bonds is 8. The van der Waals surface area contributed by atoms with Crippen LogP contribution in [-0.4, -0.2) is 74.5 Å². The zero-order valence-corrected chi connectivity index (χ0v) is 17.5. The highest BCUT2D eigenvalue weighted by Crippen LogP contribution is 2.28. The van der Waals surface area contributed by atoms with Gasteiger partial charge in [0.05, 0.1) is 12.8 Å². The Balaban J connectivity index is 1.54. The molecule has 0 saturated carbocycles. The van der Waals surface area contributed by atoms with E-state index in [1.807, 2.05) is 0 Å². The van der Waals surface area contributed by atoms with Gasteiger partial charge in [0.1, 0.15) is 31.5 Å². The van der Waals surface area contributed by atoms with Crippen molar-refractivity contribution in [3.8, 4) is 0 Å². The normalized spacial score (nSPS) is 22.7. The molecule has 2 heterocycles. The van der Waals surface area contributed by atoms with Gasteiger partial charge in [0.15, 0.2) is 12.3 Å². The summed E-state index contributed by atoms with van der Waals surface area (Å²) in [6, 6.07) is 7.21. The number of ether oxygens (including phenoxy) is 3. The fourth-order valence-electron chi connectivity index (χ4n) is 3.10. The van der Waals surface area contributed by atoms with Crippen molar-refractivity contribution >= 4 is 12.1 Å². The summed E-state index contributed by atoms with van der Waals surface area (Å²) in [6.07, 6.45) is -6.81. The van der Waals surface area contributed by atoms with Crippen LogP contribution in [0.25, 0.3) is 0 Å². The van der Waals surface area contributed by atoms with E-state index in [-0.39, 0.29) is 6.61 Å². The van der Waals surface area contributed by atoms with Crippen LogP contribution in [0.2, 0.25) is 0 Å². The minimum absolute atomic E-state index is 0.0774. The van der Waals surface area contributed by atoms with Crippen molar-refractivity contribution in [1.29, 1.82) is 0 Å². The number of nitrogens with one attached hydrogen (secondary N) is 2. The van der Waals surface area contributed by atoms with Gasteiger partial charge in [-0.25, -0.2) is 14.4 Å². The molecular formula is C20H22FN3O10. The van der Waals surface area contributed by atoms with Crippen LogP contribution in [0.1, 0.15) is 11.8 Å². The lowest BCUT2D eigenvalue weighted by Gasteiger charge is -2.18. The number of amides is 1. The fourth-order valence-corrected chi connectivity index (χ4v) is 3.10. The van der Waals surface area contributed by atoms with Gasteiger partial charge in [0, 0.05) is 0 Å². The number of hydrogen-bond donors (Lipinski definition) is 5. The quantitative estimate of drug-likeness (QED) is 0.266. The summed E-state index contributed by atoms with van der Waals surface area (Å²) in [5.74, 6) is -2.42. The number of halogens is 1. The molecule has 2 aromatic rings. The molecule has 1 aliphatic rings. The molecule has 1 aliphatic heterocycles. The van der Waals surface area contributed by atoms with Gasteiger partial charge in [0.2, 0.25) is 5.82 Å². The Morgan fingerprint density at radius 2 is 1.88 bits per heavy atom. The van der Waals surface area contributed by atoms with Crippen molar-refractivity contribution in [2.75, 3.05) is 13.2 Å². The Labute approximate surface area is 190 Å². The second kappa shape index (κ2) is 11.0. The molecule has 1 fully saturated rings. The Morgan fingerprint density at radius 1 is 1.18 bits per heavy atom. The summed E-state index contributed by atoms with van der Waals surface area (Å²) in [7, 11) is 0. The third-order valence-electron chi connectivity index (χ3n) is 4.90. The van der Waals surface area contributed by atoms with Gasteiger partial charge in [-0.05, 0) is 5.56 Å². The smallest absolute Gasteiger partial charge is 0.408 e. The first kappa shape index (κ1) is 25.0. The molecule has 3 rings (SSSR count). The molecule has 1 saturated heterocycles. The summed E-state index contributed by atoms with van der Waals surface area (Å²) in [5, 5.41) is 31.8. The average molecular weight is 483 g/mol. The first-order valence-corrected chi connectivity index (χ1v) is 9.98. The zero-order chi connectivity index (χ0) is 24.8. The van der Waals surface area contributed by atoms with Crippen LogP contribution < -0.4 is 16.6 Å². The Kier molecular flexibility index (Phi) is 8.12. The summed E-state index contributed by atoms with van der Waals surface area (Å²) >= 11 is 0. The lowest BCUT2D eigenvalue weighted by atomic mass is 10.1. The number of H-pyrrole nitrogens is 1. The summed E-state index contributed by atoms with van der Waals surface area (Å²) in [5.41, 5.74) is -1.67. The molecule has 1 amide bonds.